The Morgan fingerprint density at radius 1 is 0.197 bits per heavy atom. The zero-order valence-corrected chi connectivity index (χ0v) is 71.5. The van der Waals surface area contributed by atoms with Gasteiger partial charge in [-0.2, -0.15) is 0 Å². The Morgan fingerprint density at radius 2 is 0.607 bits per heavy atom. The molecule has 0 bridgehead atoms. The van der Waals surface area contributed by atoms with Crippen LogP contribution in [0.1, 0.15) is 173 Å². The molecule has 0 saturated heterocycles. The summed E-state index contributed by atoms with van der Waals surface area (Å²) in [5, 5.41) is 6.21. The standard InChI is InChI=1S/4C19H17N.C18H15N.C17H19N/c1-11-7-8-15-16(13(11)3)10-18-17(15)9-14-6-4-5-12(2)19(14)20-18;1-11-8-16-15(13(3)12(11)2)10-19-17(16)9-14-6-4-5-7-18(14)20-19;1-11-8-12(2)19-15(13(11)3)10-18-16(19)9-14-6-4-5-7-17(14)20-18;1-11-8-9-15-16(12(11)2)10-18-19(15)13(3)14-6-4-5-7-17(14)20-18;1-11-7-8-14-15(12(11)2)10-18-16(14)9-13-5-3-4-6-17(13)19-18;1-9-6-7-18-15-8-14-12(4)10(2)11(3)13(5)17(14)16(9)15/h4*4-9H,10H2,1-3H3;3-9H,10H2,1-2H3;6-7H,8H2,1-5H3. The van der Waals surface area contributed by atoms with Crippen molar-refractivity contribution in [1.82, 2.24) is 29.9 Å². The van der Waals surface area contributed by atoms with Crippen LogP contribution in [0.4, 0.5) is 0 Å². The molecule has 0 aliphatic heterocycles. The minimum atomic E-state index is 0.975. The van der Waals surface area contributed by atoms with Crippen LogP contribution in [0.5, 0.6) is 0 Å². The Morgan fingerprint density at radius 3 is 1.20 bits per heavy atom. The summed E-state index contributed by atoms with van der Waals surface area (Å²) < 4.78 is 0. The molecular formula is C111H102N6. The van der Waals surface area contributed by atoms with E-state index in [9.17, 15) is 0 Å². The Kier molecular flexibility index (Phi) is 19.3. The molecule has 117 heavy (non-hydrogen) atoms. The van der Waals surface area contributed by atoms with Crippen LogP contribution in [0, 0.1) is 132 Å². The van der Waals surface area contributed by atoms with Gasteiger partial charge in [-0.15, -0.1) is 0 Å². The van der Waals surface area contributed by atoms with Gasteiger partial charge in [-0.05, 0) is 359 Å². The molecule has 0 atom stereocenters. The average molecular weight is 1520 g/mol. The summed E-state index contributed by atoms with van der Waals surface area (Å²) in [6, 6.07) is 69.4. The van der Waals surface area contributed by atoms with E-state index in [1.807, 2.05) is 6.20 Å². The first-order valence-electron chi connectivity index (χ1n) is 41.8. The number of nitrogens with zero attached hydrogens (tertiary/aromatic N) is 6. The third-order valence-corrected chi connectivity index (χ3v) is 27.6. The summed E-state index contributed by atoms with van der Waals surface area (Å²) in [5.74, 6) is 0. The van der Waals surface area contributed by atoms with Gasteiger partial charge in [0.25, 0.3) is 0 Å². The molecule has 6 aliphatic carbocycles. The highest BCUT2D eigenvalue weighted by molar-refractivity contribution is 5.96. The number of pyridine rings is 6. The lowest BCUT2D eigenvalue weighted by atomic mass is 9.88. The van der Waals surface area contributed by atoms with E-state index in [0.717, 1.165) is 66.1 Å². The molecule has 0 amide bonds. The fourth-order valence-corrected chi connectivity index (χ4v) is 19.7. The van der Waals surface area contributed by atoms with Crippen molar-refractivity contribution in [2.75, 3.05) is 0 Å². The second-order valence-corrected chi connectivity index (χ2v) is 34.2. The maximum absolute atomic E-state index is 4.94. The van der Waals surface area contributed by atoms with E-state index in [1.165, 1.54) is 267 Å². The lowest BCUT2D eigenvalue weighted by molar-refractivity contribution is 1.09. The second kappa shape index (κ2) is 29.7. The van der Waals surface area contributed by atoms with E-state index in [1.54, 1.807) is 0 Å². The van der Waals surface area contributed by atoms with Gasteiger partial charge < -0.3 is 0 Å². The third kappa shape index (κ3) is 13.0. The van der Waals surface area contributed by atoms with Crippen molar-refractivity contribution < 1.29 is 0 Å². The molecule has 6 nitrogen and oxygen atoms in total. The van der Waals surface area contributed by atoms with Gasteiger partial charge in [0.05, 0.1) is 61.7 Å². The Balaban J connectivity index is 0.0000000970. The number of hydrogen-bond donors (Lipinski definition) is 0. The number of benzene rings is 11. The second-order valence-electron chi connectivity index (χ2n) is 34.2. The summed E-state index contributed by atoms with van der Waals surface area (Å²) in [4.78, 5) is 29.0. The lowest BCUT2D eigenvalue weighted by Gasteiger charge is -2.16. The molecule has 0 spiro atoms. The monoisotopic (exact) mass is 1520 g/mol. The molecule has 0 saturated carbocycles. The van der Waals surface area contributed by atoms with E-state index in [-0.39, 0.29) is 0 Å². The summed E-state index contributed by atoms with van der Waals surface area (Å²) in [6.07, 6.45) is 7.81. The zero-order valence-electron chi connectivity index (χ0n) is 71.5. The number of aryl methyl sites for hydroxylation is 9. The van der Waals surface area contributed by atoms with Gasteiger partial charge in [-0.25, -0.2) is 0 Å². The summed E-state index contributed by atoms with van der Waals surface area (Å²) in [7, 11) is 0. The van der Waals surface area contributed by atoms with Crippen LogP contribution >= 0.6 is 0 Å². The van der Waals surface area contributed by atoms with Crippen LogP contribution in [-0.2, 0) is 38.5 Å². The quantitative estimate of drug-likeness (QED) is 0.151. The molecule has 6 heteroatoms. The fourth-order valence-electron chi connectivity index (χ4n) is 19.7. The molecule has 6 aromatic heterocycles. The number of aromatic nitrogens is 6. The molecule has 0 fully saturated rings. The lowest BCUT2D eigenvalue weighted by Crippen LogP contribution is -1.98. The minimum absolute atomic E-state index is 0.975. The number of hydrogen-bond acceptors (Lipinski definition) is 6. The number of rotatable bonds is 0. The summed E-state index contributed by atoms with van der Waals surface area (Å²) >= 11 is 0. The van der Waals surface area contributed by atoms with Gasteiger partial charge in [0.2, 0.25) is 0 Å². The van der Waals surface area contributed by atoms with Crippen molar-refractivity contribution in [1.29, 1.82) is 0 Å². The van der Waals surface area contributed by atoms with Gasteiger partial charge in [0.15, 0.2) is 0 Å². The Labute approximate surface area is 690 Å². The van der Waals surface area contributed by atoms with Gasteiger partial charge in [0.1, 0.15) is 0 Å². The Bertz CT molecular complexity index is 7100. The Hall–Kier alpha value is -12.4. The molecule has 6 aliphatic rings. The maximum atomic E-state index is 4.94. The molecule has 0 unspecified atom stereocenters. The maximum Gasteiger partial charge on any atom is 0.0735 e. The molecule has 11 aromatic carbocycles. The van der Waals surface area contributed by atoms with E-state index < -0.39 is 0 Å². The molecular weight excluding hydrogens is 1420 g/mol. The van der Waals surface area contributed by atoms with Crippen molar-refractivity contribution in [2.45, 2.75) is 170 Å². The van der Waals surface area contributed by atoms with Crippen molar-refractivity contribution >= 4 is 54.5 Å². The predicted octanol–water partition coefficient (Wildman–Crippen LogP) is 27.5. The van der Waals surface area contributed by atoms with Crippen molar-refractivity contribution in [2.24, 2.45) is 0 Å². The van der Waals surface area contributed by atoms with E-state index >= 15 is 0 Å². The van der Waals surface area contributed by atoms with Gasteiger partial charge in [0, 0.05) is 105 Å². The highest BCUT2D eigenvalue weighted by Crippen LogP contribution is 2.49. The molecule has 576 valence electrons. The number of para-hydroxylation sites is 5. The van der Waals surface area contributed by atoms with Crippen molar-refractivity contribution in [3.8, 4) is 66.8 Å². The van der Waals surface area contributed by atoms with Gasteiger partial charge in [-0.1, -0.05) is 140 Å². The molecule has 0 N–H and O–H groups in total. The van der Waals surface area contributed by atoms with Crippen LogP contribution in [0.15, 0.2) is 200 Å². The molecule has 6 heterocycles. The largest absolute Gasteiger partial charge is 0.260 e. The average Bonchev–Trinajstić information content (AvgIpc) is 1.62. The highest BCUT2D eigenvalue weighted by atomic mass is 14.7. The topological polar surface area (TPSA) is 77.3 Å². The first kappa shape index (κ1) is 75.9. The van der Waals surface area contributed by atoms with Crippen LogP contribution < -0.4 is 0 Å². The SMILES string of the molecule is Cc1cc(C)c2c(c1C)Cc1nc3ccccc3cc1-2.Cc1cc2c(c(C)c1C)Cc1nc3ccccc3cc1-2.Cc1ccc2c(c1C)Cc1nc3c(C)cccc3cc1-2.Cc1ccc2c(c1C)Cc1nc3ccccc3c(C)c1-2.Cc1ccc2c(c1C)Cc1nc3ccccc3cc1-2.Cc1ccnc2c1-c1c(C)c(C)c(C)c(C)c1C2. The van der Waals surface area contributed by atoms with Gasteiger partial charge in [-0.3, -0.25) is 29.9 Å². The van der Waals surface area contributed by atoms with Crippen LogP contribution in [-0.4, -0.2) is 29.9 Å². The first-order valence-corrected chi connectivity index (χ1v) is 41.8. The summed E-state index contributed by atoms with van der Waals surface area (Å²) in [5.41, 5.74) is 64.7. The predicted molar refractivity (Wildman–Crippen MR) is 492 cm³/mol. The van der Waals surface area contributed by atoms with Crippen molar-refractivity contribution in [3.63, 3.8) is 0 Å². The van der Waals surface area contributed by atoms with E-state index in [2.05, 4.69) is 331 Å². The fraction of sp³-hybridized carbons (Fsp3) is 0.225. The van der Waals surface area contributed by atoms with E-state index in [4.69, 9.17) is 24.9 Å². The number of fused-ring (bicyclic) bond motifs is 23. The first-order chi connectivity index (χ1) is 56.4. The smallest absolute Gasteiger partial charge is 0.0735 e. The van der Waals surface area contributed by atoms with Crippen LogP contribution in [0.25, 0.3) is 121 Å². The summed E-state index contributed by atoms with van der Waals surface area (Å²) in [6.45, 7) is 42.1. The van der Waals surface area contributed by atoms with Crippen molar-refractivity contribution in [3.05, 3.63) is 374 Å². The van der Waals surface area contributed by atoms with Crippen LogP contribution in [0.2, 0.25) is 0 Å². The molecule has 23 rings (SSSR count). The highest BCUT2D eigenvalue weighted by Gasteiger charge is 2.31. The normalized spacial score (nSPS) is 12.5. The van der Waals surface area contributed by atoms with Gasteiger partial charge >= 0.3 is 0 Å². The van der Waals surface area contributed by atoms with E-state index in [0.29, 0.717) is 0 Å². The zero-order chi connectivity index (χ0) is 81.4. The molecule has 17 aromatic rings. The van der Waals surface area contributed by atoms with Crippen LogP contribution in [0.3, 0.4) is 0 Å². The molecule has 0 radical (unpaired) electrons. The third-order valence-electron chi connectivity index (χ3n) is 27.6. The minimum Gasteiger partial charge on any atom is -0.260 e.